The van der Waals surface area contributed by atoms with Crippen molar-refractivity contribution in [3.8, 4) is 11.3 Å². The molecule has 4 rings (SSSR count). The second-order valence-electron chi connectivity index (χ2n) is 7.48. The molecule has 1 aromatic heterocycles. The molecule has 136 valence electrons. The first-order chi connectivity index (χ1) is 12.7. The lowest BCUT2D eigenvalue weighted by Crippen LogP contribution is -2.62. The average Bonchev–Trinajstić information content (AvgIpc) is 2.69. The maximum absolute atomic E-state index is 12.0. The second-order valence-corrected chi connectivity index (χ2v) is 7.48. The van der Waals surface area contributed by atoms with Crippen molar-refractivity contribution in [3.63, 3.8) is 0 Å². The standard InChI is InChI=1S/C21H25N3O2/c25-20(26)21-10-3-12-23-19(21)9-13-24(15-21)14-16-5-7-17(8-6-16)18-4-1-2-11-22-18/h1-2,4-8,11,19,23H,3,9-10,12-15H2,(H,25,26). The number of hydrogen-bond acceptors (Lipinski definition) is 4. The molecule has 2 aliphatic rings. The van der Waals surface area contributed by atoms with Gasteiger partial charge in [-0.2, -0.15) is 0 Å². The van der Waals surface area contributed by atoms with Crippen LogP contribution in [0.3, 0.4) is 0 Å². The lowest BCUT2D eigenvalue weighted by molar-refractivity contribution is -0.157. The van der Waals surface area contributed by atoms with Gasteiger partial charge in [-0.3, -0.25) is 14.7 Å². The Bertz CT molecular complexity index is 763. The predicted molar refractivity (Wildman–Crippen MR) is 101 cm³/mol. The summed E-state index contributed by atoms with van der Waals surface area (Å²) >= 11 is 0. The van der Waals surface area contributed by atoms with Crippen molar-refractivity contribution in [2.75, 3.05) is 19.6 Å². The monoisotopic (exact) mass is 351 g/mol. The van der Waals surface area contributed by atoms with E-state index in [0.29, 0.717) is 6.54 Å². The van der Waals surface area contributed by atoms with Crippen LogP contribution in [0, 0.1) is 5.41 Å². The summed E-state index contributed by atoms with van der Waals surface area (Å²) in [6.45, 7) is 3.30. The summed E-state index contributed by atoms with van der Waals surface area (Å²) in [5.41, 5.74) is 2.65. The molecule has 26 heavy (non-hydrogen) atoms. The van der Waals surface area contributed by atoms with E-state index >= 15 is 0 Å². The lowest BCUT2D eigenvalue weighted by atomic mass is 9.70. The minimum absolute atomic E-state index is 0.108. The highest BCUT2D eigenvalue weighted by Crippen LogP contribution is 2.38. The fourth-order valence-corrected chi connectivity index (χ4v) is 4.44. The number of nitrogens with one attached hydrogen (secondary N) is 1. The van der Waals surface area contributed by atoms with Gasteiger partial charge in [-0.25, -0.2) is 0 Å². The fraction of sp³-hybridized carbons (Fsp3) is 0.429. The summed E-state index contributed by atoms with van der Waals surface area (Å²) < 4.78 is 0. The molecule has 5 nitrogen and oxygen atoms in total. The third-order valence-electron chi connectivity index (χ3n) is 5.84. The van der Waals surface area contributed by atoms with Crippen LogP contribution in [0.25, 0.3) is 11.3 Å². The van der Waals surface area contributed by atoms with E-state index in [1.807, 2.05) is 18.2 Å². The highest BCUT2D eigenvalue weighted by molar-refractivity contribution is 5.76. The van der Waals surface area contributed by atoms with E-state index in [9.17, 15) is 9.90 Å². The van der Waals surface area contributed by atoms with E-state index in [2.05, 4.69) is 39.5 Å². The van der Waals surface area contributed by atoms with Crippen LogP contribution >= 0.6 is 0 Å². The van der Waals surface area contributed by atoms with Crippen LogP contribution in [-0.2, 0) is 11.3 Å². The summed E-state index contributed by atoms with van der Waals surface area (Å²) in [6, 6.07) is 14.5. The molecular formula is C21H25N3O2. The summed E-state index contributed by atoms with van der Waals surface area (Å²) in [4.78, 5) is 18.7. The molecular weight excluding hydrogens is 326 g/mol. The molecule has 0 bridgehead atoms. The molecule has 0 aliphatic carbocycles. The van der Waals surface area contributed by atoms with E-state index in [1.165, 1.54) is 5.56 Å². The first kappa shape index (κ1) is 17.2. The first-order valence-electron chi connectivity index (χ1n) is 9.37. The van der Waals surface area contributed by atoms with Crippen molar-refractivity contribution in [2.45, 2.75) is 31.8 Å². The Morgan fingerprint density at radius 3 is 2.85 bits per heavy atom. The quantitative estimate of drug-likeness (QED) is 0.887. The second kappa shape index (κ2) is 7.17. The Morgan fingerprint density at radius 2 is 2.12 bits per heavy atom. The van der Waals surface area contributed by atoms with Gasteiger partial charge in [0.15, 0.2) is 0 Å². The number of aromatic nitrogens is 1. The minimum Gasteiger partial charge on any atom is -0.481 e. The smallest absolute Gasteiger partial charge is 0.312 e. The van der Waals surface area contributed by atoms with Crippen molar-refractivity contribution < 1.29 is 9.90 Å². The number of aliphatic carboxylic acids is 1. The molecule has 1 aromatic carbocycles. The van der Waals surface area contributed by atoms with Crippen LogP contribution in [0.1, 0.15) is 24.8 Å². The van der Waals surface area contributed by atoms with E-state index in [4.69, 9.17) is 0 Å². The Labute approximate surface area is 154 Å². The van der Waals surface area contributed by atoms with E-state index < -0.39 is 11.4 Å². The van der Waals surface area contributed by atoms with Gasteiger partial charge in [0.2, 0.25) is 0 Å². The van der Waals surface area contributed by atoms with Crippen LogP contribution in [0.4, 0.5) is 0 Å². The maximum atomic E-state index is 12.0. The van der Waals surface area contributed by atoms with Crippen LogP contribution in [0.15, 0.2) is 48.7 Å². The van der Waals surface area contributed by atoms with Gasteiger partial charge < -0.3 is 10.4 Å². The van der Waals surface area contributed by atoms with Crippen LogP contribution in [-0.4, -0.2) is 46.6 Å². The molecule has 2 unspecified atom stereocenters. The zero-order valence-electron chi connectivity index (χ0n) is 14.9. The molecule has 2 aliphatic heterocycles. The Balaban J connectivity index is 1.46. The summed E-state index contributed by atoms with van der Waals surface area (Å²) in [5.74, 6) is -0.648. The number of rotatable bonds is 4. The molecule has 5 heteroatoms. The number of benzene rings is 1. The molecule has 2 fully saturated rings. The van der Waals surface area contributed by atoms with Crippen molar-refractivity contribution in [1.82, 2.24) is 15.2 Å². The molecule has 2 N–H and O–H groups in total. The minimum atomic E-state index is -0.648. The predicted octanol–water partition coefficient (Wildman–Crippen LogP) is 2.78. The van der Waals surface area contributed by atoms with Gasteiger partial charge in [-0.1, -0.05) is 30.3 Å². The number of nitrogens with zero attached hydrogens (tertiary/aromatic N) is 2. The van der Waals surface area contributed by atoms with Crippen molar-refractivity contribution in [1.29, 1.82) is 0 Å². The van der Waals surface area contributed by atoms with Gasteiger partial charge >= 0.3 is 5.97 Å². The van der Waals surface area contributed by atoms with Gasteiger partial charge in [0.25, 0.3) is 0 Å². The molecule has 0 saturated carbocycles. The van der Waals surface area contributed by atoms with Gasteiger partial charge in [0, 0.05) is 37.4 Å². The number of pyridine rings is 1. The number of likely N-dealkylation sites (tertiary alicyclic amines) is 1. The fourth-order valence-electron chi connectivity index (χ4n) is 4.44. The number of carbonyl (C=O) groups is 1. The normalized spacial score (nSPS) is 26.2. The maximum Gasteiger partial charge on any atom is 0.312 e. The Kier molecular flexibility index (Phi) is 4.74. The van der Waals surface area contributed by atoms with Crippen molar-refractivity contribution in [3.05, 3.63) is 54.2 Å². The number of carboxylic acid groups (broad SMARTS) is 1. The van der Waals surface area contributed by atoms with Crippen LogP contribution < -0.4 is 5.32 Å². The highest BCUT2D eigenvalue weighted by atomic mass is 16.4. The topological polar surface area (TPSA) is 65.5 Å². The first-order valence-corrected chi connectivity index (χ1v) is 9.37. The van der Waals surface area contributed by atoms with Crippen LogP contribution in [0.5, 0.6) is 0 Å². The van der Waals surface area contributed by atoms with Gasteiger partial charge in [-0.15, -0.1) is 0 Å². The summed E-state index contributed by atoms with van der Waals surface area (Å²) in [6.07, 6.45) is 4.42. The van der Waals surface area contributed by atoms with Gasteiger partial charge in [0.1, 0.15) is 0 Å². The average molecular weight is 351 g/mol. The van der Waals surface area contributed by atoms with Crippen molar-refractivity contribution in [2.24, 2.45) is 5.41 Å². The molecule has 3 heterocycles. The Hall–Kier alpha value is -2.24. The lowest BCUT2D eigenvalue weighted by Gasteiger charge is -2.48. The third-order valence-corrected chi connectivity index (χ3v) is 5.84. The summed E-state index contributed by atoms with van der Waals surface area (Å²) in [5, 5.41) is 13.3. The molecule has 0 spiro atoms. The largest absolute Gasteiger partial charge is 0.481 e. The van der Waals surface area contributed by atoms with Gasteiger partial charge in [0.05, 0.1) is 11.1 Å². The van der Waals surface area contributed by atoms with Crippen molar-refractivity contribution >= 4 is 5.97 Å². The third kappa shape index (κ3) is 3.24. The van der Waals surface area contributed by atoms with Crippen LogP contribution in [0.2, 0.25) is 0 Å². The van der Waals surface area contributed by atoms with E-state index in [-0.39, 0.29) is 6.04 Å². The number of hydrogen-bond donors (Lipinski definition) is 2. The van der Waals surface area contributed by atoms with Gasteiger partial charge in [-0.05, 0) is 43.5 Å². The molecule has 0 radical (unpaired) electrons. The zero-order valence-corrected chi connectivity index (χ0v) is 14.9. The van der Waals surface area contributed by atoms with E-state index in [0.717, 1.165) is 50.2 Å². The number of carboxylic acids is 1. The van der Waals surface area contributed by atoms with E-state index in [1.54, 1.807) is 6.20 Å². The summed E-state index contributed by atoms with van der Waals surface area (Å²) in [7, 11) is 0. The zero-order chi connectivity index (χ0) is 18.0. The molecule has 0 amide bonds. The molecule has 2 aromatic rings. The molecule has 2 saturated heterocycles. The SMILES string of the molecule is O=C(O)C12CCCNC1CCN(Cc1ccc(-c3ccccn3)cc1)C2. The highest BCUT2D eigenvalue weighted by Gasteiger charge is 2.50. The number of piperidine rings is 2. The Morgan fingerprint density at radius 1 is 1.27 bits per heavy atom. The number of fused-ring (bicyclic) bond motifs is 1. The molecule has 2 atom stereocenters.